The third kappa shape index (κ3) is 2.90. The molecule has 13 heavy (non-hydrogen) atoms. The Hall–Kier alpha value is -0.740. The molecule has 0 N–H and O–H groups in total. The van der Waals surface area contributed by atoms with Crippen LogP contribution in [0.25, 0.3) is 0 Å². The minimum atomic E-state index is -0.325. The Balaban J connectivity index is 2.83. The van der Waals surface area contributed by atoms with E-state index in [0.717, 1.165) is 4.90 Å². The van der Waals surface area contributed by atoms with Crippen LogP contribution in [0.2, 0.25) is 0 Å². The Morgan fingerprint density at radius 3 is 2.54 bits per heavy atom. The lowest BCUT2D eigenvalue weighted by Crippen LogP contribution is -1.99. The number of nitrogens with zero attached hydrogens (tertiary/aromatic N) is 1. The Kier molecular flexibility index (Phi) is 3.57. The van der Waals surface area contributed by atoms with Crippen LogP contribution in [0, 0.1) is 5.82 Å². The molecule has 0 amide bonds. The van der Waals surface area contributed by atoms with E-state index in [1.807, 2.05) is 24.5 Å². The monoisotopic (exact) mass is 201 g/mol. The molecule has 0 bridgehead atoms. The Morgan fingerprint density at radius 2 is 2.08 bits per heavy atom. The van der Waals surface area contributed by atoms with E-state index in [1.54, 1.807) is 6.07 Å². The van der Waals surface area contributed by atoms with Crippen molar-refractivity contribution in [3.63, 3.8) is 0 Å². The van der Waals surface area contributed by atoms with Gasteiger partial charge >= 0.3 is 0 Å². The highest BCUT2D eigenvalue weighted by Crippen LogP contribution is 2.25. The molecule has 0 radical (unpaired) electrons. The summed E-state index contributed by atoms with van der Waals surface area (Å²) < 4.78 is 19.9. The van der Waals surface area contributed by atoms with Crippen LogP contribution in [0.3, 0.4) is 0 Å². The Labute approximate surface area is 81.8 Å². The highest BCUT2D eigenvalue weighted by molar-refractivity contribution is 7.97. The predicted octanol–water partition coefficient (Wildman–Crippen LogP) is 2.40. The summed E-state index contributed by atoms with van der Waals surface area (Å²) in [7, 11) is 5.27. The van der Waals surface area contributed by atoms with Crippen molar-refractivity contribution in [2.45, 2.75) is 4.90 Å². The van der Waals surface area contributed by atoms with Crippen molar-refractivity contribution in [2.24, 2.45) is 0 Å². The maximum Gasteiger partial charge on any atom is 0.166 e. The molecule has 0 saturated carbocycles. The molecule has 72 valence electrons. The molecule has 1 aromatic carbocycles. The van der Waals surface area contributed by atoms with E-state index < -0.39 is 0 Å². The number of hydrogen-bond acceptors (Lipinski definition) is 3. The molecule has 0 atom stereocenters. The highest BCUT2D eigenvalue weighted by Gasteiger charge is 2.04. The second-order valence-corrected chi connectivity index (χ2v) is 4.08. The molecular weight excluding hydrogens is 189 g/mol. The minimum absolute atomic E-state index is 0.281. The molecule has 0 aliphatic rings. The summed E-state index contributed by atoms with van der Waals surface area (Å²) in [6.07, 6.45) is 0. The molecule has 2 nitrogen and oxygen atoms in total. The maximum absolute atomic E-state index is 13.1. The van der Waals surface area contributed by atoms with Gasteiger partial charge in [-0.25, -0.2) is 4.39 Å². The first-order chi connectivity index (χ1) is 6.13. The molecule has 0 aromatic heterocycles. The molecule has 0 aliphatic carbocycles. The largest absolute Gasteiger partial charge is 0.494 e. The van der Waals surface area contributed by atoms with Gasteiger partial charge in [0.05, 0.1) is 7.11 Å². The average Bonchev–Trinajstić information content (AvgIpc) is 2.03. The first-order valence-corrected chi connectivity index (χ1v) is 4.59. The lowest BCUT2D eigenvalue weighted by atomic mass is 10.3. The zero-order valence-corrected chi connectivity index (χ0v) is 8.69. The first-order valence-electron chi connectivity index (χ1n) is 3.82. The average molecular weight is 201 g/mol. The van der Waals surface area contributed by atoms with Crippen LogP contribution in [-0.4, -0.2) is 25.5 Å². The number of ether oxygens (including phenoxy) is 1. The summed E-state index contributed by atoms with van der Waals surface area (Å²) in [5.41, 5.74) is 0. The smallest absolute Gasteiger partial charge is 0.166 e. The van der Waals surface area contributed by atoms with Crippen molar-refractivity contribution in [1.82, 2.24) is 4.31 Å². The lowest BCUT2D eigenvalue weighted by molar-refractivity contribution is 0.385. The van der Waals surface area contributed by atoms with Crippen molar-refractivity contribution in [2.75, 3.05) is 21.2 Å². The molecule has 0 heterocycles. The highest BCUT2D eigenvalue weighted by atomic mass is 32.2. The molecule has 0 saturated heterocycles. The summed E-state index contributed by atoms with van der Waals surface area (Å²) in [5.74, 6) is -0.0440. The van der Waals surface area contributed by atoms with Gasteiger partial charge in [-0.2, -0.15) is 0 Å². The molecule has 0 unspecified atom stereocenters. The second kappa shape index (κ2) is 4.48. The van der Waals surface area contributed by atoms with Crippen molar-refractivity contribution in [1.29, 1.82) is 0 Å². The Bertz CT molecular complexity index is 291. The molecular formula is C9H12FNOS. The molecule has 4 heteroatoms. The fourth-order valence-electron chi connectivity index (χ4n) is 0.915. The van der Waals surface area contributed by atoms with Gasteiger partial charge in [-0.3, -0.25) is 4.31 Å². The van der Waals surface area contributed by atoms with Crippen molar-refractivity contribution >= 4 is 11.9 Å². The molecule has 0 spiro atoms. The van der Waals surface area contributed by atoms with E-state index in [0.29, 0.717) is 0 Å². The van der Waals surface area contributed by atoms with Crippen LogP contribution in [0.5, 0.6) is 5.75 Å². The van der Waals surface area contributed by atoms with Crippen molar-refractivity contribution < 1.29 is 9.13 Å². The van der Waals surface area contributed by atoms with Crippen LogP contribution in [-0.2, 0) is 0 Å². The van der Waals surface area contributed by atoms with Crippen molar-refractivity contribution in [3.05, 3.63) is 24.0 Å². The van der Waals surface area contributed by atoms with Crippen LogP contribution in [0.15, 0.2) is 23.1 Å². The van der Waals surface area contributed by atoms with E-state index >= 15 is 0 Å². The van der Waals surface area contributed by atoms with E-state index in [1.165, 1.54) is 25.1 Å². The van der Waals surface area contributed by atoms with Gasteiger partial charge in [-0.1, -0.05) is 0 Å². The molecule has 0 fully saturated rings. The van der Waals surface area contributed by atoms with Gasteiger partial charge in [0, 0.05) is 4.90 Å². The minimum Gasteiger partial charge on any atom is -0.494 e. The van der Waals surface area contributed by atoms with E-state index in [2.05, 4.69) is 0 Å². The normalized spacial score (nSPS) is 10.5. The summed E-state index contributed by atoms with van der Waals surface area (Å²) in [6.45, 7) is 0. The summed E-state index contributed by atoms with van der Waals surface area (Å²) in [4.78, 5) is 0.864. The van der Waals surface area contributed by atoms with Gasteiger partial charge in [-0.15, -0.1) is 0 Å². The van der Waals surface area contributed by atoms with E-state index in [-0.39, 0.29) is 11.6 Å². The van der Waals surface area contributed by atoms with Gasteiger partial charge in [0.15, 0.2) is 11.6 Å². The molecule has 1 aromatic rings. The SMILES string of the molecule is COc1ccc(SN(C)C)cc1F. The number of halogens is 1. The molecule has 1 rings (SSSR count). The van der Waals surface area contributed by atoms with E-state index in [4.69, 9.17) is 4.74 Å². The van der Waals surface area contributed by atoms with Crippen LogP contribution in [0.1, 0.15) is 0 Å². The van der Waals surface area contributed by atoms with Crippen molar-refractivity contribution in [3.8, 4) is 5.75 Å². The second-order valence-electron chi connectivity index (χ2n) is 2.70. The number of rotatable bonds is 3. The summed E-state index contributed by atoms with van der Waals surface area (Å²) in [5, 5.41) is 0. The third-order valence-corrected chi connectivity index (χ3v) is 2.24. The fourth-order valence-corrected chi connectivity index (χ4v) is 1.62. The fraction of sp³-hybridized carbons (Fsp3) is 0.333. The summed E-state index contributed by atoms with van der Waals surface area (Å²) >= 11 is 1.47. The lowest BCUT2D eigenvalue weighted by Gasteiger charge is -2.09. The predicted molar refractivity (Wildman–Crippen MR) is 52.5 cm³/mol. The third-order valence-electron chi connectivity index (χ3n) is 1.41. The van der Waals surface area contributed by atoms with Gasteiger partial charge in [0.2, 0.25) is 0 Å². The van der Waals surface area contributed by atoms with Gasteiger partial charge < -0.3 is 4.74 Å². The quantitative estimate of drug-likeness (QED) is 0.697. The topological polar surface area (TPSA) is 12.5 Å². The van der Waals surface area contributed by atoms with Gasteiger partial charge in [0.1, 0.15) is 0 Å². The van der Waals surface area contributed by atoms with E-state index in [9.17, 15) is 4.39 Å². The van der Waals surface area contributed by atoms with Crippen LogP contribution in [0.4, 0.5) is 4.39 Å². The zero-order chi connectivity index (χ0) is 9.84. The van der Waals surface area contributed by atoms with Crippen LogP contribution >= 0.6 is 11.9 Å². The van der Waals surface area contributed by atoms with Gasteiger partial charge in [-0.05, 0) is 44.2 Å². The number of hydrogen-bond donors (Lipinski definition) is 0. The first kappa shape index (κ1) is 10.3. The molecule has 0 aliphatic heterocycles. The summed E-state index contributed by atoms with van der Waals surface area (Å²) in [6, 6.07) is 4.91. The van der Waals surface area contributed by atoms with Gasteiger partial charge in [0.25, 0.3) is 0 Å². The number of methoxy groups -OCH3 is 1. The Morgan fingerprint density at radius 1 is 1.38 bits per heavy atom. The van der Waals surface area contributed by atoms with Crippen LogP contribution < -0.4 is 4.74 Å². The zero-order valence-electron chi connectivity index (χ0n) is 7.87. The standard InChI is InChI=1S/C9H12FNOS/c1-11(2)13-7-4-5-9(12-3)8(10)6-7/h4-6H,1-3H3. The number of benzene rings is 1. The maximum atomic E-state index is 13.1.